The van der Waals surface area contributed by atoms with Crippen molar-refractivity contribution in [2.24, 2.45) is 0 Å². The maximum atomic E-state index is 11.7. The Morgan fingerprint density at radius 3 is 2.81 bits per heavy atom. The van der Waals surface area contributed by atoms with E-state index in [-0.39, 0.29) is 12.5 Å². The van der Waals surface area contributed by atoms with Crippen LogP contribution in [0.25, 0.3) is 0 Å². The fraction of sp³-hybridized carbons (Fsp3) is 0.333. The van der Waals surface area contributed by atoms with Gasteiger partial charge in [-0.25, -0.2) is 0 Å². The summed E-state index contributed by atoms with van der Waals surface area (Å²) in [5.41, 5.74) is 2.11. The van der Waals surface area contributed by atoms with E-state index in [0.29, 0.717) is 6.04 Å². The number of amides is 1. The van der Waals surface area contributed by atoms with Crippen LogP contribution in [0.2, 0.25) is 0 Å². The van der Waals surface area contributed by atoms with Crippen LogP contribution in [0.3, 0.4) is 0 Å². The molecule has 5 nitrogen and oxygen atoms in total. The molecule has 110 valence electrons. The number of halogens is 1. The second-order valence-corrected chi connectivity index (χ2v) is 6.16. The van der Waals surface area contributed by atoms with E-state index in [0.717, 1.165) is 29.5 Å². The smallest absolute Gasteiger partial charge is 0.241 e. The number of rotatable bonds is 6. The van der Waals surface area contributed by atoms with Gasteiger partial charge in [-0.05, 0) is 30.5 Å². The van der Waals surface area contributed by atoms with Gasteiger partial charge in [-0.2, -0.15) is 5.10 Å². The third kappa shape index (κ3) is 4.32. The highest BCUT2D eigenvalue weighted by Gasteiger charge is 2.23. The Kier molecular flexibility index (Phi) is 4.24. The van der Waals surface area contributed by atoms with Crippen LogP contribution in [-0.4, -0.2) is 21.7 Å². The number of carbonyl (C=O) groups excluding carboxylic acids is 1. The summed E-state index contributed by atoms with van der Waals surface area (Å²) in [5.74, 6) is 0.0278. The van der Waals surface area contributed by atoms with Gasteiger partial charge in [-0.3, -0.25) is 9.48 Å². The number of hydrogen-bond donors (Lipinski definition) is 2. The van der Waals surface area contributed by atoms with Crippen molar-refractivity contribution in [2.45, 2.75) is 32.0 Å². The SMILES string of the molecule is O=C(Cn1cc(NCc2ccc(Br)cc2)cn1)NC1CC1. The van der Waals surface area contributed by atoms with Gasteiger partial charge in [0.1, 0.15) is 6.54 Å². The lowest BCUT2D eigenvalue weighted by molar-refractivity contribution is -0.122. The van der Waals surface area contributed by atoms with E-state index in [1.807, 2.05) is 18.3 Å². The average Bonchev–Trinajstić information content (AvgIpc) is 3.16. The van der Waals surface area contributed by atoms with Gasteiger partial charge in [0.2, 0.25) is 5.91 Å². The van der Waals surface area contributed by atoms with Gasteiger partial charge in [0, 0.05) is 23.3 Å². The summed E-state index contributed by atoms with van der Waals surface area (Å²) in [5, 5.41) is 10.4. The molecule has 0 spiro atoms. The van der Waals surface area contributed by atoms with Crippen molar-refractivity contribution in [3.63, 3.8) is 0 Å². The summed E-state index contributed by atoms with van der Waals surface area (Å²) in [6, 6.07) is 8.54. The standard InChI is InChI=1S/C15H17BrN4O/c16-12-3-1-11(2-4-12)7-17-14-8-18-20(9-14)10-15(21)19-13-5-6-13/h1-4,8-9,13,17H,5-7,10H2,(H,19,21). The van der Waals surface area contributed by atoms with Crippen LogP contribution in [0.5, 0.6) is 0 Å². The summed E-state index contributed by atoms with van der Waals surface area (Å²) in [6.07, 6.45) is 5.80. The maximum Gasteiger partial charge on any atom is 0.241 e. The second-order valence-electron chi connectivity index (χ2n) is 5.25. The number of anilines is 1. The van der Waals surface area contributed by atoms with E-state index in [1.165, 1.54) is 5.56 Å². The van der Waals surface area contributed by atoms with E-state index in [9.17, 15) is 4.79 Å². The molecule has 1 heterocycles. The molecule has 1 fully saturated rings. The first-order valence-electron chi connectivity index (χ1n) is 6.99. The van der Waals surface area contributed by atoms with Gasteiger partial charge in [0.05, 0.1) is 11.9 Å². The number of nitrogens with zero attached hydrogens (tertiary/aromatic N) is 2. The highest BCUT2D eigenvalue weighted by atomic mass is 79.9. The van der Waals surface area contributed by atoms with Crippen molar-refractivity contribution in [1.29, 1.82) is 0 Å². The van der Waals surface area contributed by atoms with E-state index in [4.69, 9.17) is 0 Å². The van der Waals surface area contributed by atoms with Crippen molar-refractivity contribution in [1.82, 2.24) is 15.1 Å². The van der Waals surface area contributed by atoms with Gasteiger partial charge in [0.25, 0.3) is 0 Å². The Morgan fingerprint density at radius 1 is 1.33 bits per heavy atom. The van der Waals surface area contributed by atoms with E-state index >= 15 is 0 Å². The maximum absolute atomic E-state index is 11.7. The summed E-state index contributed by atoms with van der Waals surface area (Å²) in [6.45, 7) is 1.00. The van der Waals surface area contributed by atoms with Gasteiger partial charge in [0.15, 0.2) is 0 Å². The van der Waals surface area contributed by atoms with E-state index in [2.05, 4.69) is 43.8 Å². The van der Waals surface area contributed by atoms with Crippen LogP contribution < -0.4 is 10.6 Å². The van der Waals surface area contributed by atoms with Crippen LogP contribution >= 0.6 is 15.9 Å². The number of nitrogens with one attached hydrogen (secondary N) is 2. The summed E-state index contributed by atoms with van der Waals surface area (Å²) in [4.78, 5) is 11.7. The molecule has 0 radical (unpaired) electrons. The zero-order valence-electron chi connectivity index (χ0n) is 11.6. The monoisotopic (exact) mass is 348 g/mol. The van der Waals surface area contributed by atoms with Crippen LogP contribution in [0.4, 0.5) is 5.69 Å². The topological polar surface area (TPSA) is 59.0 Å². The molecule has 1 aliphatic rings. The number of carbonyl (C=O) groups is 1. The Labute approximate surface area is 131 Å². The molecule has 0 unspecified atom stereocenters. The Morgan fingerprint density at radius 2 is 2.10 bits per heavy atom. The Balaban J connectivity index is 1.49. The molecule has 6 heteroatoms. The molecule has 1 amide bonds. The molecule has 21 heavy (non-hydrogen) atoms. The average molecular weight is 349 g/mol. The molecule has 0 saturated heterocycles. The molecule has 0 aliphatic heterocycles. The predicted molar refractivity (Wildman–Crippen MR) is 84.9 cm³/mol. The van der Waals surface area contributed by atoms with Gasteiger partial charge in [-0.15, -0.1) is 0 Å². The molecule has 1 aromatic carbocycles. The first-order valence-corrected chi connectivity index (χ1v) is 7.78. The van der Waals surface area contributed by atoms with Crippen LogP contribution in [0.1, 0.15) is 18.4 Å². The minimum atomic E-state index is 0.0278. The molecule has 1 aromatic heterocycles. The predicted octanol–water partition coefficient (Wildman–Crippen LogP) is 2.54. The zero-order valence-corrected chi connectivity index (χ0v) is 13.1. The number of aromatic nitrogens is 2. The highest BCUT2D eigenvalue weighted by molar-refractivity contribution is 9.10. The van der Waals surface area contributed by atoms with Crippen molar-refractivity contribution >= 4 is 27.5 Å². The van der Waals surface area contributed by atoms with Gasteiger partial charge >= 0.3 is 0 Å². The third-order valence-corrected chi connectivity index (χ3v) is 3.82. The second kappa shape index (κ2) is 6.30. The first kappa shape index (κ1) is 14.1. The minimum absolute atomic E-state index is 0.0278. The lowest BCUT2D eigenvalue weighted by atomic mass is 10.2. The fourth-order valence-corrected chi connectivity index (χ4v) is 2.26. The van der Waals surface area contributed by atoms with Crippen molar-refractivity contribution in [2.75, 3.05) is 5.32 Å². The molecule has 0 atom stereocenters. The van der Waals surface area contributed by atoms with Crippen molar-refractivity contribution < 1.29 is 4.79 Å². The molecular formula is C15H17BrN4O. The molecule has 0 bridgehead atoms. The molecule has 1 aliphatic carbocycles. The fourth-order valence-electron chi connectivity index (χ4n) is 2.00. The third-order valence-electron chi connectivity index (χ3n) is 3.29. The Bertz CT molecular complexity index is 619. The number of hydrogen-bond acceptors (Lipinski definition) is 3. The minimum Gasteiger partial charge on any atom is -0.378 e. The van der Waals surface area contributed by atoms with E-state index in [1.54, 1.807) is 10.9 Å². The normalized spacial score (nSPS) is 14.0. The summed E-state index contributed by atoms with van der Waals surface area (Å²) in [7, 11) is 0. The lowest BCUT2D eigenvalue weighted by Gasteiger charge is -2.04. The first-order chi connectivity index (χ1) is 10.2. The quantitative estimate of drug-likeness (QED) is 0.843. The van der Waals surface area contributed by atoms with Crippen molar-refractivity contribution in [3.05, 3.63) is 46.7 Å². The van der Waals surface area contributed by atoms with Gasteiger partial charge in [-0.1, -0.05) is 28.1 Å². The van der Waals surface area contributed by atoms with Crippen LogP contribution in [0.15, 0.2) is 41.1 Å². The van der Waals surface area contributed by atoms with Crippen molar-refractivity contribution in [3.8, 4) is 0 Å². The lowest BCUT2D eigenvalue weighted by Crippen LogP contribution is -2.29. The summed E-state index contributed by atoms with van der Waals surface area (Å²) >= 11 is 3.42. The summed E-state index contributed by atoms with van der Waals surface area (Å²) < 4.78 is 2.72. The number of benzene rings is 1. The largest absolute Gasteiger partial charge is 0.378 e. The zero-order chi connectivity index (χ0) is 14.7. The highest BCUT2D eigenvalue weighted by Crippen LogP contribution is 2.18. The van der Waals surface area contributed by atoms with E-state index < -0.39 is 0 Å². The van der Waals surface area contributed by atoms with Crippen LogP contribution in [-0.2, 0) is 17.9 Å². The Hall–Kier alpha value is -1.82. The molecule has 1 saturated carbocycles. The molecular weight excluding hydrogens is 332 g/mol. The van der Waals surface area contributed by atoms with Crippen LogP contribution in [0, 0.1) is 0 Å². The molecule has 2 aromatic rings. The molecule has 2 N–H and O–H groups in total. The van der Waals surface area contributed by atoms with Gasteiger partial charge < -0.3 is 10.6 Å². The molecule has 3 rings (SSSR count).